The number of aromatic nitrogens is 15. The molecule has 12 aromatic rings. The second-order valence-corrected chi connectivity index (χ2v) is 20.0. The first-order chi connectivity index (χ1) is 40.4. The monoisotopic (exact) mass is 1210 g/mol. The quantitative estimate of drug-likeness (QED) is 0.0253. The minimum Gasteiger partial charge on any atom is -0.383 e. The fourth-order valence-corrected chi connectivity index (χ4v) is 8.82. The molecule has 23 nitrogen and oxygen atoms in total. The Hall–Kier alpha value is -9.07. The first-order valence-corrected chi connectivity index (χ1v) is 27.4. The average Bonchev–Trinajstić information content (AvgIpc) is 4.32. The molecule has 0 radical (unpaired) electrons. The van der Waals surface area contributed by atoms with E-state index in [4.69, 9.17) is 69.6 Å². The number of nitrogens with one attached hydrogen (secondary N) is 6. The third-order valence-electron chi connectivity index (χ3n) is 11.7. The Labute approximate surface area is 500 Å². The topological polar surface area (TPSA) is 292 Å². The summed E-state index contributed by atoms with van der Waals surface area (Å²) in [6, 6.07) is 48.3. The fraction of sp³-hybridized carbons (Fsp3) is 0.127. The summed E-state index contributed by atoms with van der Waals surface area (Å²) in [5, 5.41) is 64.3. The SMILES string of the molecule is CC(Cc1cccnc1N)Cc1nnc2ccc(Nc3cccc(Cl)c3)nn12.CNCc1nnc2ccc(Nc3cccc(Cl)c3)nn12.ClCc1nnc2ccc(Nc3cccc(Cl)c3)nn12.NNc1ccc(Nc2cccc(Cl)c2)nn1. The molecule has 1 atom stereocenters. The normalized spacial score (nSPS) is 11.1. The molecule has 0 aliphatic rings. The third-order valence-corrected chi connectivity index (χ3v) is 12.8. The van der Waals surface area contributed by atoms with Crippen molar-refractivity contribution in [2.24, 2.45) is 11.8 Å². The molecule has 4 aromatic carbocycles. The van der Waals surface area contributed by atoms with Gasteiger partial charge >= 0.3 is 0 Å². The average molecular weight is 1210 g/mol. The van der Waals surface area contributed by atoms with E-state index in [1.165, 1.54) is 0 Å². The maximum Gasteiger partial charge on any atom is 0.178 e. The van der Waals surface area contributed by atoms with Crippen LogP contribution < -0.4 is 43.6 Å². The number of nitrogens with two attached hydrogens (primary N) is 2. The van der Waals surface area contributed by atoms with Gasteiger partial charge in [0.05, 0.1) is 12.4 Å². The highest BCUT2D eigenvalue weighted by Gasteiger charge is 2.15. The third kappa shape index (κ3) is 16.5. The summed E-state index contributed by atoms with van der Waals surface area (Å²) in [6.45, 7) is 2.76. The molecule has 0 saturated heterocycles. The molecule has 12 rings (SSSR count). The molecule has 8 heterocycles. The van der Waals surface area contributed by atoms with Crippen LogP contribution in [-0.2, 0) is 25.3 Å². The lowest BCUT2D eigenvalue weighted by Gasteiger charge is -2.12. The highest BCUT2D eigenvalue weighted by molar-refractivity contribution is 6.31. The van der Waals surface area contributed by atoms with Gasteiger partial charge in [-0.1, -0.05) is 83.7 Å². The molecule has 28 heteroatoms. The van der Waals surface area contributed by atoms with Crippen molar-refractivity contribution >= 4 is 133 Å². The Morgan fingerprint density at radius 1 is 0.458 bits per heavy atom. The van der Waals surface area contributed by atoms with E-state index in [0.29, 0.717) is 90.2 Å². The Morgan fingerprint density at radius 2 is 0.867 bits per heavy atom. The highest BCUT2D eigenvalue weighted by atomic mass is 35.5. The van der Waals surface area contributed by atoms with E-state index < -0.39 is 0 Å². The summed E-state index contributed by atoms with van der Waals surface area (Å²) in [6.07, 6.45) is 3.24. The molecule has 422 valence electrons. The highest BCUT2D eigenvalue weighted by Crippen LogP contribution is 2.24. The molecular formula is C55H52Cl5N23. The summed E-state index contributed by atoms with van der Waals surface area (Å²) in [5.41, 5.74) is 15.0. The zero-order valence-electron chi connectivity index (χ0n) is 44.2. The summed E-state index contributed by atoms with van der Waals surface area (Å²) in [7, 11) is 1.86. The van der Waals surface area contributed by atoms with Crippen molar-refractivity contribution in [2.75, 3.05) is 39.5 Å². The number of benzene rings is 4. The number of nitrogens with zero attached hydrogens (tertiary/aromatic N) is 15. The number of halogens is 5. The van der Waals surface area contributed by atoms with Gasteiger partial charge in [0.2, 0.25) is 0 Å². The van der Waals surface area contributed by atoms with Crippen LogP contribution in [0, 0.1) is 5.92 Å². The van der Waals surface area contributed by atoms with Crippen molar-refractivity contribution in [1.29, 1.82) is 0 Å². The molecular weight excluding hydrogens is 1160 g/mol. The smallest absolute Gasteiger partial charge is 0.178 e. The van der Waals surface area contributed by atoms with Gasteiger partial charge in [-0.2, -0.15) is 13.5 Å². The maximum absolute atomic E-state index is 6.05. The zero-order valence-corrected chi connectivity index (χ0v) is 48.0. The van der Waals surface area contributed by atoms with E-state index in [-0.39, 0.29) is 5.88 Å². The Morgan fingerprint density at radius 3 is 1.29 bits per heavy atom. The summed E-state index contributed by atoms with van der Waals surface area (Å²) in [5.74, 6) is 11.7. The van der Waals surface area contributed by atoms with Gasteiger partial charge in [-0.15, -0.1) is 67.7 Å². The number of nitrogen functional groups attached to an aromatic ring is 2. The van der Waals surface area contributed by atoms with Crippen LogP contribution in [-0.4, -0.2) is 81.7 Å². The summed E-state index contributed by atoms with van der Waals surface area (Å²) in [4.78, 5) is 4.15. The molecule has 83 heavy (non-hydrogen) atoms. The summed E-state index contributed by atoms with van der Waals surface area (Å²) >= 11 is 29.6. The minimum absolute atomic E-state index is 0.259. The lowest BCUT2D eigenvalue weighted by atomic mass is 9.98. The van der Waals surface area contributed by atoms with Crippen LogP contribution in [0.25, 0.3) is 16.9 Å². The van der Waals surface area contributed by atoms with Crippen LogP contribution >= 0.6 is 58.0 Å². The van der Waals surface area contributed by atoms with Crippen LogP contribution in [0.1, 0.15) is 30.0 Å². The van der Waals surface area contributed by atoms with Gasteiger partial charge in [-0.3, -0.25) is 0 Å². The molecule has 0 aliphatic heterocycles. The van der Waals surface area contributed by atoms with Gasteiger partial charge in [0.15, 0.2) is 63.5 Å². The molecule has 0 saturated carbocycles. The fourth-order valence-electron chi connectivity index (χ4n) is 7.89. The zero-order chi connectivity index (χ0) is 58.1. The van der Waals surface area contributed by atoms with Crippen molar-refractivity contribution in [3.05, 3.63) is 207 Å². The van der Waals surface area contributed by atoms with E-state index in [2.05, 4.69) is 100 Å². The van der Waals surface area contributed by atoms with E-state index >= 15 is 0 Å². The second kappa shape index (κ2) is 28.6. The maximum atomic E-state index is 6.05. The van der Waals surface area contributed by atoms with Gasteiger partial charge in [-0.25, -0.2) is 10.8 Å². The number of hydrogen-bond acceptors (Lipinski definition) is 20. The van der Waals surface area contributed by atoms with E-state index in [9.17, 15) is 0 Å². The van der Waals surface area contributed by atoms with Crippen molar-refractivity contribution in [3.63, 3.8) is 0 Å². The Balaban J connectivity index is 0.000000136. The predicted molar refractivity (Wildman–Crippen MR) is 329 cm³/mol. The first kappa shape index (κ1) is 58.6. The number of fused-ring (bicyclic) bond motifs is 3. The molecule has 0 spiro atoms. The predicted octanol–water partition coefficient (Wildman–Crippen LogP) is 11.6. The van der Waals surface area contributed by atoms with Gasteiger partial charge in [-0.05, 0) is 152 Å². The van der Waals surface area contributed by atoms with Gasteiger partial charge in [0.25, 0.3) is 0 Å². The molecule has 0 amide bonds. The number of rotatable bonds is 16. The number of hydrogen-bond donors (Lipinski definition) is 8. The lowest BCUT2D eigenvalue weighted by Crippen LogP contribution is -2.10. The largest absolute Gasteiger partial charge is 0.383 e. The van der Waals surface area contributed by atoms with Crippen molar-refractivity contribution < 1.29 is 0 Å². The number of anilines is 10. The van der Waals surface area contributed by atoms with Crippen LogP contribution in [0.5, 0.6) is 0 Å². The van der Waals surface area contributed by atoms with Gasteiger partial charge in [0, 0.05) is 55.5 Å². The first-order valence-electron chi connectivity index (χ1n) is 25.3. The molecule has 8 aromatic heterocycles. The molecule has 10 N–H and O–H groups in total. The summed E-state index contributed by atoms with van der Waals surface area (Å²) < 4.78 is 5.10. The van der Waals surface area contributed by atoms with Crippen molar-refractivity contribution in [1.82, 2.24) is 79.9 Å². The van der Waals surface area contributed by atoms with Crippen LogP contribution in [0.3, 0.4) is 0 Å². The number of hydrazine groups is 1. The Bertz CT molecular complexity index is 4070. The number of alkyl halides is 1. The Kier molecular flexibility index (Phi) is 20.2. The standard InChI is InChI=1S/C20H20ClN7.C13H13ClN6.C12H9Cl2N5.C10H10ClN5/c1-13(10-14-4-3-9-23-20(14)22)11-19-26-25-18-8-7-17(27-28(18)19)24-16-6-2-5-15(21)12-16;1-15-8-13-18-17-12-6-5-11(19-20(12)13)16-10-4-2-3-9(14)7-10;13-7-12-17-16-11-5-4-10(18-19(11)12)15-9-3-1-2-8(14)6-9;11-7-2-1-3-8(6-7)13-9-4-5-10(14-12)16-15-9/h2-9,12-13H,10-11H2,1H3,(H2,22,23)(H,24,27);2-7,15H,8H2,1H3,(H,16,19);1-6H,7H2,(H,15,18);1-6H,12H2,(H,13,15)(H,14,16). The molecule has 0 bridgehead atoms. The molecule has 0 aliphatic carbocycles. The van der Waals surface area contributed by atoms with E-state index in [1.54, 1.807) is 44.0 Å². The molecule has 0 fully saturated rings. The van der Waals surface area contributed by atoms with Crippen molar-refractivity contribution in [3.8, 4) is 0 Å². The van der Waals surface area contributed by atoms with E-state index in [0.717, 1.165) is 52.8 Å². The second-order valence-electron chi connectivity index (χ2n) is 18.0. The minimum atomic E-state index is 0.259. The van der Waals surface area contributed by atoms with Gasteiger partial charge < -0.3 is 37.7 Å². The van der Waals surface area contributed by atoms with Crippen molar-refractivity contribution in [2.45, 2.75) is 32.2 Å². The lowest BCUT2D eigenvalue weighted by molar-refractivity contribution is 0.550. The van der Waals surface area contributed by atoms with Crippen LogP contribution in [0.15, 0.2) is 164 Å². The van der Waals surface area contributed by atoms with E-state index in [1.807, 2.05) is 141 Å². The molecule has 1 unspecified atom stereocenters. The number of pyridine rings is 1. The van der Waals surface area contributed by atoms with Gasteiger partial charge in [0.1, 0.15) is 5.82 Å². The van der Waals surface area contributed by atoms with Crippen LogP contribution in [0.4, 0.5) is 57.7 Å². The van der Waals surface area contributed by atoms with Crippen LogP contribution in [0.2, 0.25) is 20.1 Å².